The van der Waals surface area contributed by atoms with Crippen LogP contribution in [0.3, 0.4) is 0 Å². The second-order valence-corrected chi connectivity index (χ2v) is 5.19. The van der Waals surface area contributed by atoms with Crippen molar-refractivity contribution in [2.24, 2.45) is 0 Å². The molecule has 1 aromatic heterocycles. The van der Waals surface area contributed by atoms with Gasteiger partial charge in [0.25, 0.3) is 0 Å². The van der Waals surface area contributed by atoms with Crippen molar-refractivity contribution in [1.29, 1.82) is 0 Å². The van der Waals surface area contributed by atoms with E-state index in [1.54, 1.807) is 31.4 Å². The second-order valence-electron chi connectivity index (χ2n) is 5.19. The summed E-state index contributed by atoms with van der Waals surface area (Å²) < 4.78 is 5.08. The number of nitro groups is 1. The summed E-state index contributed by atoms with van der Waals surface area (Å²) in [6.45, 7) is 3.96. The molecule has 0 aliphatic carbocycles. The van der Waals surface area contributed by atoms with Gasteiger partial charge in [0.2, 0.25) is 17.6 Å². The molecule has 0 fully saturated rings. The Bertz CT molecular complexity index is 720. The minimum atomic E-state index is -0.603. The van der Waals surface area contributed by atoms with E-state index in [1.165, 1.54) is 0 Å². The fourth-order valence-electron chi connectivity index (χ4n) is 1.94. The van der Waals surface area contributed by atoms with Gasteiger partial charge in [-0.3, -0.25) is 10.1 Å². The molecule has 0 aliphatic heterocycles. The van der Waals surface area contributed by atoms with Crippen LogP contribution in [0.25, 0.3) is 0 Å². The molecular formula is C15H20N6O3. The lowest BCUT2D eigenvalue weighted by molar-refractivity contribution is -0.383. The van der Waals surface area contributed by atoms with E-state index in [4.69, 9.17) is 10.5 Å². The van der Waals surface area contributed by atoms with E-state index in [1.807, 2.05) is 13.8 Å². The Morgan fingerprint density at radius 3 is 2.54 bits per heavy atom. The van der Waals surface area contributed by atoms with Gasteiger partial charge >= 0.3 is 5.69 Å². The van der Waals surface area contributed by atoms with Crippen LogP contribution in [0.5, 0.6) is 5.75 Å². The van der Waals surface area contributed by atoms with Gasteiger partial charge in [-0.05, 0) is 37.6 Å². The van der Waals surface area contributed by atoms with E-state index in [0.29, 0.717) is 11.4 Å². The molecule has 4 N–H and O–H groups in total. The summed E-state index contributed by atoms with van der Waals surface area (Å²) in [4.78, 5) is 18.8. The Morgan fingerprint density at radius 1 is 1.33 bits per heavy atom. The van der Waals surface area contributed by atoms with Gasteiger partial charge in [-0.2, -0.15) is 9.97 Å². The van der Waals surface area contributed by atoms with Gasteiger partial charge in [0.15, 0.2) is 0 Å². The van der Waals surface area contributed by atoms with Crippen molar-refractivity contribution in [3.05, 3.63) is 34.4 Å². The number of nitrogens with two attached hydrogens (primary N) is 1. The number of hydrogen-bond acceptors (Lipinski definition) is 8. The Morgan fingerprint density at radius 2 is 2.00 bits per heavy atom. The van der Waals surface area contributed by atoms with E-state index in [9.17, 15) is 10.1 Å². The second kappa shape index (κ2) is 7.44. The van der Waals surface area contributed by atoms with Gasteiger partial charge in [-0.25, -0.2) is 0 Å². The molecule has 1 heterocycles. The fraction of sp³-hybridized carbons (Fsp3) is 0.333. The first-order valence-corrected chi connectivity index (χ1v) is 7.44. The highest BCUT2D eigenvalue weighted by molar-refractivity contribution is 5.74. The average Bonchev–Trinajstić information content (AvgIpc) is 2.54. The topological polar surface area (TPSA) is 128 Å². The van der Waals surface area contributed by atoms with Gasteiger partial charge in [-0.15, -0.1) is 0 Å². The molecule has 0 spiro atoms. The summed E-state index contributed by atoms with van der Waals surface area (Å²) in [6, 6.07) is 7.03. The zero-order chi connectivity index (χ0) is 17.7. The van der Waals surface area contributed by atoms with E-state index in [0.717, 1.165) is 6.42 Å². The van der Waals surface area contributed by atoms with Crippen molar-refractivity contribution in [1.82, 2.24) is 9.97 Å². The predicted octanol–water partition coefficient (Wildman–Crippen LogP) is 2.93. The number of aromatic nitrogens is 2. The van der Waals surface area contributed by atoms with Crippen molar-refractivity contribution < 1.29 is 9.66 Å². The maximum Gasteiger partial charge on any atom is 0.353 e. The Labute approximate surface area is 139 Å². The smallest absolute Gasteiger partial charge is 0.353 e. The van der Waals surface area contributed by atoms with Crippen LogP contribution in [0.15, 0.2) is 24.3 Å². The van der Waals surface area contributed by atoms with Crippen LogP contribution in [0, 0.1) is 10.1 Å². The van der Waals surface area contributed by atoms with Crippen LogP contribution in [-0.2, 0) is 0 Å². The van der Waals surface area contributed by atoms with Gasteiger partial charge in [0.1, 0.15) is 5.75 Å². The zero-order valence-corrected chi connectivity index (χ0v) is 13.7. The first-order chi connectivity index (χ1) is 11.4. The van der Waals surface area contributed by atoms with Crippen LogP contribution in [0.4, 0.5) is 29.0 Å². The molecule has 1 aromatic carbocycles. The van der Waals surface area contributed by atoms with Crippen LogP contribution in [0.1, 0.15) is 20.3 Å². The summed E-state index contributed by atoms with van der Waals surface area (Å²) in [7, 11) is 1.56. The van der Waals surface area contributed by atoms with Crippen molar-refractivity contribution in [2.75, 3.05) is 23.5 Å². The van der Waals surface area contributed by atoms with Crippen molar-refractivity contribution >= 4 is 29.0 Å². The number of rotatable bonds is 7. The molecule has 0 saturated heterocycles. The van der Waals surface area contributed by atoms with Gasteiger partial charge in [-0.1, -0.05) is 6.92 Å². The molecule has 128 valence electrons. The number of methoxy groups -OCH3 is 1. The molecule has 24 heavy (non-hydrogen) atoms. The molecule has 2 rings (SSSR count). The maximum atomic E-state index is 11.3. The van der Waals surface area contributed by atoms with E-state index in [-0.39, 0.29) is 29.3 Å². The molecule has 2 aromatic rings. The summed E-state index contributed by atoms with van der Waals surface area (Å²) >= 11 is 0. The van der Waals surface area contributed by atoms with Crippen LogP contribution < -0.4 is 21.1 Å². The molecule has 0 aliphatic rings. The number of ether oxygens (including phenoxy) is 1. The zero-order valence-electron chi connectivity index (χ0n) is 13.7. The fourth-order valence-corrected chi connectivity index (χ4v) is 1.94. The lowest BCUT2D eigenvalue weighted by Crippen LogP contribution is -2.17. The van der Waals surface area contributed by atoms with Gasteiger partial charge in [0.05, 0.1) is 12.0 Å². The monoisotopic (exact) mass is 332 g/mol. The number of hydrogen-bond donors (Lipinski definition) is 3. The summed E-state index contributed by atoms with van der Waals surface area (Å²) in [5, 5.41) is 17.3. The third kappa shape index (κ3) is 4.00. The highest BCUT2D eigenvalue weighted by Gasteiger charge is 2.23. The van der Waals surface area contributed by atoms with Crippen molar-refractivity contribution in [3.8, 4) is 5.75 Å². The van der Waals surface area contributed by atoms with Crippen LogP contribution in [-0.4, -0.2) is 28.0 Å². The van der Waals surface area contributed by atoms with E-state index in [2.05, 4.69) is 20.6 Å². The van der Waals surface area contributed by atoms with E-state index >= 15 is 0 Å². The molecule has 0 bridgehead atoms. The Hall–Kier alpha value is -3.10. The number of nitrogens with zero attached hydrogens (tertiary/aromatic N) is 3. The lowest BCUT2D eigenvalue weighted by atomic mass is 10.3. The third-order valence-corrected chi connectivity index (χ3v) is 3.43. The highest BCUT2D eigenvalue weighted by Crippen LogP contribution is 2.31. The normalized spacial score (nSPS) is 11.6. The molecule has 1 unspecified atom stereocenters. The summed E-state index contributed by atoms with van der Waals surface area (Å²) in [5.41, 5.74) is 6.00. The molecule has 0 radical (unpaired) electrons. The lowest BCUT2D eigenvalue weighted by Gasteiger charge is -2.14. The quantitative estimate of drug-likeness (QED) is 0.521. The largest absolute Gasteiger partial charge is 0.497 e. The highest BCUT2D eigenvalue weighted by atomic mass is 16.6. The number of anilines is 4. The maximum absolute atomic E-state index is 11.3. The first-order valence-electron chi connectivity index (χ1n) is 7.44. The molecular weight excluding hydrogens is 312 g/mol. The SMILES string of the molecule is CCC(C)Nc1nc(N)c([N+](=O)[O-])c(Nc2ccc(OC)cc2)n1. The minimum absolute atomic E-state index is 0.0310. The number of nitrogen functional groups attached to an aromatic ring is 1. The standard InChI is InChI=1S/C15H20N6O3/c1-4-9(2)17-15-19-13(16)12(21(22)23)14(20-15)18-10-5-7-11(24-3)8-6-10/h5-9H,4H2,1-3H3,(H4,16,17,18,19,20). The number of benzene rings is 1. The first kappa shape index (κ1) is 17.3. The molecule has 9 nitrogen and oxygen atoms in total. The van der Waals surface area contributed by atoms with E-state index < -0.39 is 4.92 Å². The van der Waals surface area contributed by atoms with Gasteiger partial charge < -0.3 is 21.1 Å². The summed E-state index contributed by atoms with van der Waals surface area (Å²) in [5.74, 6) is 0.750. The van der Waals surface area contributed by atoms with Crippen LogP contribution >= 0.6 is 0 Å². The number of nitrogens with one attached hydrogen (secondary N) is 2. The Balaban J connectivity index is 2.38. The Kier molecular flexibility index (Phi) is 5.35. The third-order valence-electron chi connectivity index (χ3n) is 3.43. The predicted molar refractivity (Wildman–Crippen MR) is 92.8 cm³/mol. The molecule has 0 saturated carbocycles. The van der Waals surface area contributed by atoms with Crippen molar-refractivity contribution in [3.63, 3.8) is 0 Å². The average molecular weight is 332 g/mol. The molecule has 1 atom stereocenters. The van der Waals surface area contributed by atoms with Crippen molar-refractivity contribution in [2.45, 2.75) is 26.3 Å². The van der Waals surface area contributed by atoms with Gasteiger partial charge in [0, 0.05) is 11.7 Å². The molecule has 0 amide bonds. The summed E-state index contributed by atoms with van der Waals surface area (Å²) in [6.07, 6.45) is 0.849. The molecule has 9 heteroatoms. The minimum Gasteiger partial charge on any atom is -0.497 e. The van der Waals surface area contributed by atoms with Crippen LogP contribution in [0.2, 0.25) is 0 Å².